The van der Waals surface area contributed by atoms with Crippen LogP contribution >= 0.6 is 0 Å². The normalized spacial score (nSPS) is 12.2. The molecular weight excluding hydrogens is 352 g/mol. The van der Waals surface area contributed by atoms with Gasteiger partial charge in [0.1, 0.15) is 11.3 Å². The van der Waals surface area contributed by atoms with Crippen LogP contribution in [0, 0.1) is 6.92 Å². The van der Waals surface area contributed by atoms with Gasteiger partial charge in [0, 0.05) is 23.8 Å². The van der Waals surface area contributed by atoms with Gasteiger partial charge < -0.3 is 14.2 Å². The van der Waals surface area contributed by atoms with Crippen molar-refractivity contribution in [2.24, 2.45) is 0 Å². The number of fused-ring (bicyclic) bond motifs is 1. The molecule has 5 heteroatoms. The SMILES string of the molecule is Cc1ccc(-c2cnc(CCC(=O)NC(C)c3cc4ccccc4o3)o2)cc1. The second-order valence-corrected chi connectivity index (χ2v) is 6.96. The van der Waals surface area contributed by atoms with Gasteiger partial charge >= 0.3 is 0 Å². The molecule has 28 heavy (non-hydrogen) atoms. The maximum atomic E-state index is 12.3. The second kappa shape index (κ2) is 7.72. The molecule has 5 nitrogen and oxygen atoms in total. The first kappa shape index (κ1) is 18.0. The first-order chi connectivity index (χ1) is 13.6. The van der Waals surface area contributed by atoms with Gasteiger partial charge in [-0.2, -0.15) is 0 Å². The Bertz CT molecular complexity index is 1060. The third kappa shape index (κ3) is 3.98. The third-order valence-corrected chi connectivity index (χ3v) is 4.70. The number of carbonyl (C=O) groups is 1. The van der Waals surface area contributed by atoms with Crippen molar-refractivity contribution in [3.63, 3.8) is 0 Å². The van der Waals surface area contributed by atoms with Gasteiger partial charge in [-0.05, 0) is 26.0 Å². The van der Waals surface area contributed by atoms with Crippen molar-refractivity contribution in [3.8, 4) is 11.3 Å². The highest BCUT2D eigenvalue weighted by Crippen LogP contribution is 2.24. The molecule has 2 aromatic carbocycles. The fourth-order valence-corrected chi connectivity index (χ4v) is 3.10. The molecule has 1 N–H and O–H groups in total. The van der Waals surface area contributed by atoms with E-state index in [4.69, 9.17) is 8.83 Å². The van der Waals surface area contributed by atoms with Crippen molar-refractivity contribution < 1.29 is 13.6 Å². The van der Waals surface area contributed by atoms with Crippen LogP contribution in [0.25, 0.3) is 22.3 Å². The maximum absolute atomic E-state index is 12.3. The number of carbonyl (C=O) groups excluding carboxylic acids is 1. The molecule has 1 atom stereocenters. The number of benzene rings is 2. The Morgan fingerprint density at radius 2 is 1.89 bits per heavy atom. The van der Waals surface area contributed by atoms with E-state index in [9.17, 15) is 4.79 Å². The van der Waals surface area contributed by atoms with E-state index in [1.54, 1.807) is 6.20 Å². The smallest absolute Gasteiger partial charge is 0.221 e. The van der Waals surface area contributed by atoms with Gasteiger partial charge in [-0.3, -0.25) is 4.79 Å². The molecule has 0 aliphatic rings. The number of rotatable bonds is 6. The lowest BCUT2D eigenvalue weighted by Crippen LogP contribution is -2.26. The predicted octanol–water partition coefficient (Wildman–Crippen LogP) is 5.21. The highest BCUT2D eigenvalue weighted by Gasteiger charge is 2.15. The number of nitrogens with one attached hydrogen (secondary N) is 1. The molecular formula is C23H22N2O3. The zero-order valence-corrected chi connectivity index (χ0v) is 15.9. The zero-order valence-electron chi connectivity index (χ0n) is 15.9. The summed E-state index contributed by atoms with van der Waals surface area (Å²) in [4.78, 5) is 16.6. The average molecular weight is 374 g/mol. The van der Waals surface area contributed by atoms with E-state index in [0.29, 0.717) is 24.5 Å². The monoisotopic (exact) mass is 374 g/mol. The Morgan fingerprint density at radius 3 is 2.68 bits per heavy atom. The van der Waals surface area contributed by atoms with E-state index >= 15 is 0 Å². The summed E-state index contributed by atoms with van der Waals surface area (Å²) in [5, 5.41) is 4.00. The zero-order chi connectivity index (χ0) is 19.5. The predicted molar refractivity (Wildman–Crippen MR) is 108 cm³/mol. The summed E-state index contributed by atoms with van der Waals surface area (Å²) in [6, 6.07) is 17.6. The minimum Gasteiger partial charge on any atom is -0.459 e. The van der Waals surface area contributed by atoms with Gasteiger partial charge in [0.25, 0.3) is 0 Å². The van der Waals surface area contributed by atoms with Gasteiger partial charge in [0.2, 0.25) is 5.91 Å². The van der Waals surface area contributed by atoms with Crippen LogP contribution < -0.4 is 5.32 Å². The molecule has 0 saturated carbocycles. The van der Waals surface area contributed by atoms with E-state index in [1.165, 1.54) is 5.56 Å². The molecule has 0 spiro atoms. The Balaban J connectivity index is 1.33. The highest BCUT2D eigenvalue weighted by molar-refractivity contribution is 5.79. The molecule has 1 amide bonds. The summed E-state index contributed by atoms with van der Waals surface area (Å²) < 4.78 is 11.6. The molecule has 0 saturated heterocycles. The lowest BCUT2D eigenvalue weighted by molar-refractivity contribution is -0.121. The first-order valence-electron chi connectivity index (χ1n) is 9.38. The molecule has 2 aromatic heterocycles. The van der Waals surface area contributed by atoms with Crippen LogP contribution in [0.15, 0.2) is 69.6 Å². The maximum Gasteiger partial charge on any atom is 0.221 e. The molecule has 142 valence electrons. The molecule has 4 rings (SSSR count). The van der Waals surface area contributed by atoms with Crippen molar-refractivity contribution in [2.45, 2.75) is 32.7 Å². The molecule has 0 fully saturated rings. The third-order valence-electron chi connectivity index (χ3n) is 4.70. The van der Waals surface area contributed by atoms with E-state index < -0.39 is 0 Å². The first-order valence-corrected chi connectivity index (χ1v) is 9.38. The van der Waals surface area contributed by atoms with Crippen molar-refractivity contribution >= 4 is 16.9 Å². The number of nitrogens with zero attached hydrogens (tertiary/aromatic N) is 1. The number of aromatic nitrogens is 1. The van der Waals surface area contributed by atoms with E-state index in [-0.39, 0.29) is 11.9 Å². The average Bonchev–Trinajstić information content (AvgIpc) is 3.34. The van der Waals surface area contributed by atoms with Crippen LogP contribution in [0.4, 0.5) is 0 Å². The molecule has 0 bridgehead atoms. The summed E-state index contributed by atoms with van der Waals surface area (Å²) in [5.74, 6) is 1.95. The highest BCUT2D eigenvalue weighted by atomic mass is 16.4. The summed E-state index contributed by atoms with van der Waals surface area (Å²) in [6.07, 6.45) is 2.46. The van der Waals surface area contributed by atoms with E-state index in [2.05, 4.69) is 10.3 Å². The number of amides is 1. The Labute approximate surface area is 163 Å². The Hall–Kier alpha value is -3.34. The quantitative estimate of drug-likeness (QED) is 0.503. The van der Waals surface area contributed by atoms with Crippen molar-refractivity contribution in [2.75, 3.05) is 0 Å². The van der Waals surface area contributed by atoms with Crippen LogP contribution in [0.1, 0.15) is 36.6 Å². The van der Waals surface area contributed by atoms with Crippen LogP contribution in [-0.4, -0.2) is 10.9 Å². The lowest BCUT2D eigenvalue weighted by atomic mass is 10.1. The van der Waals surface area contributed by atoms with Crippen LogP contribution in [0.3, 0.4) is 0 Å². The Kier molecular flexibility index (Phi) is 4.98. The van der Waals surface area contributed by atoms with Gasteiger partial charge in [0.05, 0.1) is 12.2 Å². The molecule has 2 heterocycles. The number of oxazole rings is 1. The minimum absolute atomic E-state index is 0.0666. The van der Waals surface area contributed by atoms with Crippen LogP contribution in [-0.2, 0) is 11.2 Å². The van der Waals surface area contributed by atoms with Gasteiger partial charge in [-0.25, -0.2) is 4.98 Å². The number of hydrogen-bond acceptors (Lipinski definition) is 4. The number of furan rings is 1. The number of aryl methyl sites for hydroxylation is 2. The largest absolute Gasteiger partial charge is 0.459 e. The molecule has 4 aromatic rings. The van der Waals surface area contributed by atoms with Crippen LogP contribution in [0.2, 0.25) is 0 Å². The Morgan fingerprint density at radius 1 is 1.11 bits per heavy atom. The van der Waals surface area contributed by atoms with Crippen molar-refractivity contribution in [1.82, 2.24) is 10.3 Å². The molecule has 0 radical (unpaired) electrons. The summed E-state index contributed by atoms with van der Waals surface area (Å²) in [7, 11) is 0. The van der Waals surface area contributed by atoms with Crippen molar-refractivity contribution in [1.29, 1.82) is 0 Å². The second-order valence-electron chi connectivity index (χ2n) is 6.96. The van der Waals surface area contributed by atoms with Gasteiger partial charge in [-0.1, -0.05) is 48.0 Å². The van der Waals surface area contributed by atoms with Crippen LogP contribution in [0.5, 0.6) is 0 Å². The van der Waals surface area contributed by atoms with Crippen molar-refractivity contribution in [3.05, 3.63) is 78.0 Å². The minimum atomic E-state index is -0.201. The number of para-hydroxylation sites is 1. The van der Waals surface area contributed by atoms with Gasteiger partial charge in [-0.15, -0.1) is 0 Å². The summed E-state index contributed by atoms with van der Waals surface area (Å²) in [6.45, 7) is 3.96. The number of hydrogen-bond donors (Lipinski definition) is 1. The van der Waals surface area contributed by atoms with Gasteiger partial charge in [0.15, 0.2) is 11.7 Å². The molecule has 0 aliphatic carbocycles. The fourth-order valence-electron chi connectivity index (χ4n) is 3.10. The summed E-state index contributed by atoms with van der Waals surface area (Å²) in [5.41, 5.74) is 2.99. The van der Waals surface area contributed by atoms with E-state index in [0.717, 1.165) is 22.3 Å². The topological polar surface area (TPSA) is 68.3 Å². The summed E-state index contributed by atoms with van der Waals surface area (Å²) >= 11 is 0. The lowest BCUT2D eigenvalue weighted by Gasteiger charge is -2.10. The fraction of sp³-hybridized carbons (Fsp3) is 0.217. The van der Waals surface area contributed by atoms with E-state index in [1.807, 2.05) is 68.4 Å². The standard InChI is InChI=1S/C23H22N2O3/c1-15-7-9-17(10-8-15)21-14-24-23(28-21)12-11-22(26)25-16(2)20-13-18-5-3-4-6-19(18)27-20/h3-10,13-14,16H,11-12H2,1-2H3,(H,25,26). The molecule has 1 unspecified atom stereocenters. The molecule has 0 aliphatic heterocycles.